The molecule has 76 valence electrons. The quantitative estimate of drug-likeness (QED) is 0.667. The fourth-order valence-corrected chi connectivity index (χ4v) is 3.01. The molecule has 3 nitrogen and oxygen atoms in total. The van der Waals surface area contributed by atoms with Crippen LogP contribution in [0.15, 0.2) is 0 Å². The second kappa shape index (κ2) is 3.11. The van der Waals surface area contributed by atoms with E-state index in [1.807, 2.05) is 0 Å². The molecule has 0 saturated heterocycles. The average molecular weight is 225 g/mol. The number of hydrogen-bond acceptors (Lipinski definition) is 3. The summed E-state index contributed by atoms with van der Waals surface area (Å²) in [5.74, 6) is 0. The summed E-state index contributed by atoms with van der Waals surface area (Å²) in [6.07, 6.45) is 4.62. The third-order valence-electron chi connectivity index (χ3n) is 2.76. The Kier molecular flexibility index (Phi) is 2.33. The SMILES string of the molecule is O=S(=O)(Cl)C1(CCOC2CC2)CC1. The summed E-state index contributed by atoms with van der Waals surface area (Å²) >= 11 is 0. The molecular weight excluding hydrogens is 212 g/mol. The lowest BCUT2D eigenvalue weighted by atomic mass is 10.3. The van der Waals surface area contributed by atoms with Gasteiger partial charge in [-0.05, 0) is 32.1 Å². The van der Waals surface area contributed by atoms with Crippen molar-refractivity contribution in [2.45, 2.75) is 43.0 Å². The maximum Gasteiger partial charge on any atom is 0.238 e. The van der Waals surface area contributed by atoms with Gasteiger partial charge in [-0.2, -0.15) is 0 Å². The fraction of sp³-hybridized carbons (Fsp3) is 1.00. The zero-order valence-corrected chi connectivity index (χ0v) is 8.90. The van der Waals surface area contributed by atoms with Crippen LogP contribution in [0.4, 0.5) is 0 Å². The van der Waals surface area contributed by atoms with Gasteiger partial charge in [0.15, 0.2) is 0 Å². The molecule has 2 aliphatic carbocycles. The van der Waals surface area contributed by atoms with Gasteiger partial charge in [0.1, 0.15) is 0 Å². The molecule has 5 heteroatoms. The second-order valence-electron chi connectivity index (χ2n) is 3.94. The van der Waals surface area contributed by atoms with Crippen LogP contribution in [0, 0.1) is 0 Å². The molecule has 0 spiro atoms. The van der Waals surface area contributed by atoms with E-state index in [1.165, 1.54) is 0 Å². The average Bonchev–Trinajstić information content (AvgIpc) is 2.76. The first-order chi connectivity index (χ1) is 6.04. The van der Waals surface area contributed by atoms with Gasteiger partial charge in [-0.15, -0.1) is 0 Å². The second-order valence-corrected chi connectivity index (χ2v) is 6.90. The molecular formula is C8H13ClO3S. The molecule has 0 atom stereocenters. The van der Waals surface area contributed by atoms with E-state index in [0.717, 1.165) is 12.8 Å². The lowest BCUT2D eigenvalue weighted by Crippen LogP contribution is -2.20. The van der Waals surface area contributed by atoms with Gasteiger partial charge in [0, 0.05) is 17.3 Å². The van der Waals surface area contributed by atoms with E-state index in [2.05, 4.69) is 0 Å². The van der Waals surface area contributed by atoms with Crippen LogP contribution >= 0.6 is 10.7 Å². The highest BCUT2D eigenvalue weighted by Gasteiger charge is 2.53. The van der Waals surface area contributed by atoms with Crippen molar-refractivity contribution in [2.24, 2.45) is 0 Å². The topological polar surface area (TPSA) is 43.4 Å². The maximum absolute atomic E-state index is 11.1. The molecule has 0 amide bonds. The molecule has 0 N–H and O–H groups in total. The highest BCUT2D eigenvalue weighted by atomic mass is 35.7. The van der Waals surface area contributed by atoms with Crippen LogP contribution < -0.4 is 0 Å². The largest absolute Gasteiger partial charge is 0.378 e. The van der Waals surface area contributed by atoms with Gasteiger partial charge < -0.3 is 4.74 Å². The number of ether oxygens (including phenoxy) is 1. The highest BCUT2D eigenvalue weighted by Crippen LogP contribution is 2.48. The van der Waals surface area contributed by atoms with Crippen molar-refractivity contribution in [2.75, 3.05) is 6.61 Å². The van der Waals surface area contributed by atoms with E-state index in [9.17, 15) is 8.42 Å². The molecule has 0 unspecified atom stereocenters. The van der Waals surface area contributed by atoms with Crippen molar-refractivity contribution in [3.63, 3.8) is 0 Å². The highest BCUT2D eigenvalue weighted by molar-refractivity contribution is 8.15. The Balaban J connectivity index is 1.79. The molecule has 0 aliphatic heterocycles. The standard InChI is InChI=1S/C8H13ClO3S/c9-13(10,11)8(3-4-8)5-6-12-7-1-2-7/h7H,1-6H2. The van der Waals surface area contributed by atoms with Crippen molar-refractivity contribution in [1.29, 1.82) is 0 Å². The smallest absolute Gasteiger partial charge is 0.238 e. The summed E-state index contributed by atoms with van der Waals surface area (Å²) in [7, 11) is 1.96. The Labute approximate surface area is 82.8 Å². The van der Waals surface area contributed by atoms with Crippen LogP contribution in [-0.4, -0.2) is 25.9 Å². The molecule has 2 saturated carbocycles. The molecule has 0 bridgehead atoms. The normalized spacial score (nSPS) is 25.9. The van der Waals surface area contributed by atoms with Crippen molar-refractivity contribution >= 4 is 19.7 Å². The predicted molar refractivity (Wildman–Crippen MR) is 50.3 cm³/mol. The van der Waals surface area contributed by atoms with Gasteiger partial charge in [0.05, 0.1) is 10.9 Å². The van der Waals surface area contributed by atoms with Crippen LogP contribution in [0.1, 0.15) is 32.1 Å². The Hall–Kier alpha value is 0.200. The van der Waals surface area contributed by atoms with Crippen molar-refractivity contribution in [3.8, 4) is 0 Å². The monoisotopic (exact) mass is 224 g/mol. The first-order valence-corrected chi connectivity index (χ1v) is 6.90. The van der Waals surface area contributed by atoms with Crippen molar-refractivity contribution in [3.05, 3.63) is 0 Å². The Morgan fingerprint density at radius 1 is 1.38 bits per heavy atom. The lowest BCUT2D eigenvalue weighted by Gasteiger charge is -2.10. The molecule has 2 rings (SSSR count). The van der Waals surface area contributed by atoms with Crippen molar-refractivity contribution in [1.82, 2.24) is 0 Å². The summed E-state index contributed by atoms with van der Waals surface area (Å²) < 4.78 is 27.0. The van der Waals surface area contributed by atoms with Gasteiger partial charge >= 0.3 is 0 Å². The van der Waals surface area contributed by atoms with E-state index < -0.39 is 13.8 Å². The van der Waals surface area contributed by atoms with E-state index >= 15 is 0 Å². The van der Waals surface area contributed by atoms with Gasteiger partial charge in [0.2, 0.25) is 9.05 Å². The predicted octanol–water partition coefficient (Wildman–Crippen LogP) is 1.66. The summed E-state index contributed by atoms with van der Waals surface area (Å²) in [4.78, 5) is 0. The van der Waals surface area contributed by atoms with E-state index in [0.29, 0.717) is 32.0 Å². The summed E-state index contributed by atoms with van der Waals surface area (Å²) in [6, 6.07) is 0. The molecule has 0 aromatic heterocycles. The van der Waals surface area contributed by atoms with Crippen LogP contribution in [0.3, 0.4) is 0 Å². The first kappa shape index (κ1) is 9.74. The zero-order valence-electron chi connectivity index (χ0n) is 7.33. The summed E-state index contributed by atoms with van der Waals surface area (Å²) in [5, 5.41) is 0. The molecule has 13 heavy (non-hydrogen) atoms. The zero-order chi connectivity index (χ0) is 9.53. The number of rotatable bonds is 5. The minimum atomic E-state index is -3.38. The van der Waals surface area contributed by atoms with Gasteiger partial charge in [-0.3, -0.25) is 0 Å². The number of halogens is 1. The van der Waals surface area contributed by atoms with Gasteiger partial charge in [-0.1, -0.05) is 0 Å². The lowest BCUT2D eigenvalue weighted by molar-refractivity contribution is 0.115. The molecule has 0 heterocycles. The fourth-order valence-electron chi connectivity index (χ4n) is 1.40. The molecule has 2 aliphatic rings. The Bertz CT molecular complexity index is 291. The minimum absolute atomic E-state index is 0.397. The Morgan fingerprint density at radius 3 is 2.38 bits per heavy atom. The van der Waals surface area contributed by atoms with Gasteiger partial charge in [-0.25, -0.2) is 8.42 Å². The van der Waals surface area contributed by atoms with E-state index in [-0.39, 0.29) is 0 Å². The molecule has 0 radical (unpaired) electrons. The third kappa shape index (κ3) is 2.17. The van der Waals surface area contributed by atoms with Crippen LogP contribution in [-0.2, 0) is 13.8 Å². The maximum atomic E-state index is 11.1. The van der Waals surface area contributed by atoms with Gasteiger partial charge in [0.25, 0.3) is 0 Å². The minimum Gasteiger partial charge on any atom is -0.378 e. The molecule has 0 aromatic rings. The van der Waals surface area contributed by atoms with Crippen LogP contribution in [0.25, 0.3) is 0 Å². The van der Waals surface area contributed by atoms with Crippen molar-refractivity contribution < 1.29 is 13.2 Å². The Morgan fingerprint density at radius 2 is 2.00 bits per heavy atom. The first-order valence-electron chi connectivity index (χ1n) is 4.59. The molecule has 0 aromatic carbocycles. The number of hydrogen-bond donors (Lipinski definition) is 0. The summed E-state index contributed by atoms with van der Waals surface area (Å²) in [5.41, 5.74) is 0. The van der Waals surface area contributed by atoms with Crippen LogP contribution in [0.2, 0.25) is 0 Å². The summed E-state index contributed by atoms with van der Waals surface area (Å²) in [6.45, 7) is 0.538. The third-order valence-corrected chi connectivity index (χ3v) is 5.39. The molecule has 2 fully saturated rings. The van der Waals surface area contributed by atoms with E-state index in [4.69, 9.17) is 15.4 Å². The van der Waals surface area contributed by atoms with Crippen LogP contribution in [0.5, 0.6) is 0 Å². The van der Waals surface area contributed by atoms with E-state index in [1.54, 1.807) is 0 Å².